The summed E-state index contributed by atoms with van der Waals surface area (Å²) in [6, 6.07) is 13.3. The van der Waals surface area contributed by atoms with Gasteiger partial charge in [0.05, 0.1) is 5.56 Å². The minimum Gasteiger partial charge on any atom is -0.339 e. The number of amides is 1. The molecule has 0 radical (unpaired) electrons. The van der Waals surface area contributed by atoms with E-state index in [1.165, 1.54) is 12.1 Å². The van der Waals surface area contributed by atoms with Crippen LogP contribution in [0.3, 0.4) is 0 Å². The fourth-order valence-corrected chi connectivity index (χ4v) is 4.58. The summed E-state index contributed by atoms with van der Waals surface area (Å²) in [5.41, 5.74) is 0.526. The van der Waals surface area contributed by atoms with Crippen LogP contribution in [0.2, 0.25) is 0 Å². The highest BCUT2D eigenvalue weighted by Crippen LogP contribution is 2.33. The summed E-state index contributed by atoms with van der Waals surface area (Å²) in [4.78, 5) is 18.9. The molecule has 4 rings (SSSR count). The largest absolute Gasteiger partial charge is 0.416 e. The van der Waals surface area contributed by atoms with Crippen LogP contribution in [0.25, 0.3) is 6.08 Å². The third-order valence-electron chi connectivity index (χ3n) is 5.89. The number of carbonyl (C=O) groups excluding carboxylic acids is 1. The average Bonchev–Trinajstić information content (AvgIpc) is 3.26. The number of alkyl halides is 3. The van der Waals surface area contributed by atoms with Gasteiger partial charge in [0.1, 0.15) is 5.82 Å². The molecular weight excluding hydrogens is 495 g/mol. The van der Waals surface area contributed by atoms with Crippen molar-refractivity contribution in [2.75, 3.05) is 13.1 Å². The number of hydrogen-bond donors (Lipinski definition) is 0. The van der Waals surface area contributed by atoms with Gasteiger partial charge in [-0.2, -0.15) is 13.2 Å². The Labute approximate surface area is 198 Å². The molecule has 0 bridgehead atoms. The molecule has 2 heterocycles. The Bertz CT molecular complexity index is 1150. The molecule has 0 N–H and O–H groups in total. The summed E-state index contributed by atoms with van der Waals surface area (Å²) < 4.78 is 42.8. The molecule has 1 aromatic heterocycles. The normalized spacial score (nSPS) is 15.3. The van der Waals surface area contributed by atoms with E-state index in [9.17, 15) is 18.0 Å². The zero-order chi connectivity index (χ0) is 23.4. The van der Waals surface area contributed by atoms with Gasteiger partial charge in [-0.15, -0.1) is 0 Å². The summed E-state index contributed by atoms with van der Waals surface area (Å²) in [7, 11) is 0. The van der Waals surface area contributed by atoms with E-state index in [0.717, 1.165) is 21.9 Å². The first-order valence-electron chi connectivity index (χ1n) is 10.7. The van der Waals surface area contributed by atoms with Crippen LogP contribution in [0.4, 0.5) is 13.2 Å². The van der Waals surface area contributed by atoms with E-state index in [4.69, 9.17) is 0 Å². The van der Waals surface area contributed by atoms with Crippen LogP contribution in [0.15, 0.2) is 71.5 Å². The van der Waals surface area contributed by atoms with Crippen molar-refractivity contribution in [3.8, 4) is 0 Å². The van der Waals surface area contributed by atoms with E-state index >= 15 is 0 Å². The van der Waals surface area contributed by atoms with Gasteiger partial charge in [-0.1, -0.05) is 52.3 Å². The van der Waals surface area contributed by atoms with Gasteiger partial charge in [-0.05, 0) is 42.2 Å². The van der Waals surface area contributed by atoms with Crippen molar-refractivity contribution in [1.29, 1.82) is 0 Å². The molecule has 0 spiro atoms. The Morgan fingerprint density at radius 2 is 1.79 bits per heavy atom. The van der Waals surface area contributed by atoms with Crippen molar-refractivity contribution < 1.29 is 18.0 Å². The number of halogens is 4. The molecule has 0 saturated carbocycles. The lowest BCUT2D eigenvalue weighted by atomic mass is 9.95. The van der Waals surface area contributed by atoms with Crippen LogP contribution in [-0.4, -0.2) is 33.4 Å². The molecule has 1 fully saturated rings. The van der Waals surface area contributed by atoms with Crippen LogP contribution in [0, 0.1) is 0 Å². The second-order valence-electron chi connectivity index (χ2n) is 8.02. The summed E-state index contributed by atoms with van der Waals surface area (Å²) in [5, 5.41) is 0. The van der Waals surface area contributed by atoms with Crippen molar-refractivity contribution in [3.63, 3.8) is 0 Å². The SMILES string of the molecule is O=C(C=Cc1ccccc1Br)N1CCC(c2nccn2Cc2ccccc2C(F)(F)F)CC1. The van der Waals surface area contributed by atoms with Crippen molar-refractivity contribution in [3.05, 3.63) is 94.0 Å². The second-order valence-corrected chi connectivity index (χ2v) is 8.88. The smallest absolute Gasteiger partial charge is 0.339 e. The van der Waals surface area contributed by atoms with E-state index in [0.29, 0.717) is 25.9 Å². The topological polar surface area (TPSA) is 38.1 Å². The number of hydrogen-bond acceptors (Lipinski definition) is 2. The lowest BCUT2D eigenvalue weighted by molar-refractivity contribution is -0.138. The molecule has 1 saturated heterocycles. The van der Waals surface area contributed by atoms with Crippen LogP contribution in [0.1, 0.15) is 41.3 Å². The van der Waals surface area contributed by atoms with E-state index in [1.54, 1.807) is 40.1 Å². The molecule has 0 unspecified atom stereocenters. The molecule has 2 aromatic carbocycles. The van der Waals surface area contributed by atoms with Gasteiger partial charge in [0.2, 0.25) is 5.91 Å². The summed E-state index contributed by atoms with van der Waals surface area (Å²) in [6.07, 6.45) is 3.76. The van der Waals surface area contributed by atoms with E-state index in [2.05, 4.69) is 20.9 Å². The van der Waals surface area contributed by atoms with Crippen LogP contribution < -0.4 is 0 Å². The summed E-state index contributed by atoms with van der Waals surface area (Å²) in [5.74, 6) is 0.809. The molecule has 1 aliphatic heterocycles. The molecule has 3 aromatic rings. The highest BCUT2D eigenvalue weighted by atomic mass is 79.9. The molecule has 4 nitrogen and oxygen atoms in total. The summed E-state index contributed by atoms with van der Waals surface area (Å²) in [6.45, 7) is 1.27. The van der Waals surface area contributed by atoms with Gasteiger partial charge in [0.25, 0.3) is 0 Å². The predicted octanol–water partition coefficient (Wildman–Crippen LogP) is 6.13. The number of piperidine rings is 1. The number of benzene rings is 2. The van der Waals surface area contributed by atoms with Crippen LogP contribution in [0.5, 0.6) is 0 Å². The van der Waals surface area contributed by atoms with Gasteiger partial charge in [0.15, 0.2) is 0 Å². The molecule has 8 heteroatoms. The molecule has 1 amide bonds. The lowest BCUT2D eigenvalue weighted by Gasteiger charge is -2.31. The Hall–Kier alpha value is -2.87. The number of imidazole rings is 1. The lowest BCUT2D eigenvalue weighted by Crippen LogP contribution is -2.37. The summed E-state index contributed by atoms with van der Waals surface area (Å²) >= 11 is 3.47. The van der Waals surface area contributed by atoms with E-state index in [-0.39, 0.29) is 23.9 Å². The maximum atomic E-state index is 13.4. The fraction of sp³-hybridized carbons (Fsp3) is 0.280. The number of carbonyl (C=O) groups is 1. The molecule has 0 atom stereocenters. The van der Waals surface area contributed by atoms with Crippen molar-refractivity contribution in [2.24, 2.45) is 0 Å². The monoisotopic (exact) mass is 517 g/mol. The van der Waals surface area contributed by atoms with Crippen LogP contribution >= 0.6 is 15.9 Å². The second kappa shape index (κ2) is 9.95. The number of nitrogens with zero attached hydrogens (tertiary/aromatic N) is 3. The van der Waals surface area contributed by atoms with Crippen molar-refractivity contribution in [2.45, 2.75) is 31.5 Å². The Morgan fingerprint density at radius 3 is 2.52 bits per heavy atom. The zero-order valence-electron chi connectivity index (χ0n) is 17.8. The van der Waals surface area contributed by atoms with E-state index in [1.807, 2.05) is 24.3 Å². The number of likely N-dealkylation sites (tertiary alicyclic amines) is 1. The van der Waals surface area contributed by atoms with Crippen LogP contribution in [-0.2, 0) is 17.5 Å². The first-order chi connectivity index (χ1) is 15.8. The van der Waals surface area contributed by atoms with Gasteiger partial charge in [0, 0.05) is 48.5 Å². The fourth-order valence-electron chi connectivity index (χ4n) is 4.17. The highest BCUT2D eigenvalue weighted by molar-refractivity contribution is 9.10. The minimum atomic E-state index is -4.40. The maximum absolute atomic E-state index is 13.4. The molecular formula is C25H23BrF3N3O. The zero-order valence-corrected chi connectivity index (χ0v) is 19.4. The number of rotatable bonds is 5. The first-order valence-corrected chi connectivity index (χ1v) is 11.5. The molecule has 33 heavy (non-hydrogen) atoms. The van der Waals surface area contributed by atoms with Crippen molar-refractivity contribution in [1.82, 2.24) is 14.5 Å². The molecule has 172 valence electrons. The van der Waals surface area contributed by atoms with Gasteiger partial charge in [-0.25, -0.2) is 4.98 Å². The van der Waals surface area contributed by atoms with Crippen molar-refractivity contribution >= 4 is 27.9 Å². The molecule has 1 aliphatic rings. The number of aromatic nitrogens is 2. The standard InChI is InChI=1S/C25H23BrF3N3O/c26-22-8-4-2-5-18(22)9-10-23(33)31-14-11-19(12-15-31)24-30-13-16-32(24)17-20-6-1-3-7-21(20)25(27,28)29/h1-10,13,16,19H,11-12,14-15,17H2. The Kier molecular flexibility index (Phi) is 7.02. The Morgan fingerprint density at radius 1 is 1.09 bits per heavy atom. The van der Waals surface area contributed by atoms with E-state index < -0.39 is 11.7 Å². The average molecular weight is 518 g/mol. The third kappa shape index (κ3) is 5.55. The minimum absolute atomic E-state index is 0.0494. The van der Waals surface area contributed by atoms with Gasteiger partial charge in [-0.3, -0.25) is 4.79 Å². The predicted molar refractivity (Wildman–Crippen MR) is 125 cm³/mol. The quantitative estimate of drug-likeness (QED) is 0.381. The third-order valence-corrected chi connectivity index (χ3v) is 6.62. The van der Waals surface area contributed by atoms with Gasteiger partial charge >= 0.3 is 6.18 Å². The van der Waals surface area contributed by atoms with Gasteiger partial charge < -0.3 is 9.47 Å². The highest BCUT2D eigenvalue weighted by Gasteiger charge is 2.33. The first kappa shape index (κ1) is 23.3. The Balaban J connectivity index is 1.40. The molecule has 0 aliphatic carbocycles. The maximum Gasteiger partial charge on any atom is 0.416 e.